The summed E-state index contributed by atoms with van der Waals surface area (Å²) in [5, 5.41) is 0. The minimum Gasteiger partial charge on any atom is -0.377 e. The van der Waals surface area contributed by atoms with Crippen LogP contribution in [0.15, 0.2) is 91.0 Å². The van der Waals surface area contributed by atoms with E-state index in [1.54, 1.807) is 0 Å². The van der Waals surface area contributed by atoms with Gasteiger partial charge in [-0.25, -0.2) is 0 Å². The summed E-state index contributed by atoms with van der Waals surface area (Å²) in [6, 6.07) is 30.1. The molecule has 2 heterocycles. The fraction of sp³-hybridized carbons (Fsp3) is 0.538. The van der Waals surface area contributed by atoms with Crippen LogP contribution >= 0.6 is 0 Å². The van der Waals surface area contributed by atoms with Gasteiger partial charge >= 0.3 is 0 Å². The predicted molar refractivity (Wildman–Crippen MR) is 185 cm³/mol. The molecule has 3 aromatic rings. The molecule has 0 saturated carbocycles. The number of benzene rings is 3. The Morgan fingerprint density at radius 2 is 0.760 bits per heavy atom. The molecule has 0 spiro atoms. The van der Waals surface area contributed by atoms with Crippen LogP contribution in [0.4, 0.5) is 0 Å². The molecule has 0 N–H and O–H groups in total. The van der Waals surface area contributed by atoms with Crippen LogP contribution in [-0.4, -0.2) is 117 Å². The van der Waals surface area contributed by atoms with Crippen LogP contribution in [0.1, 0.15) is 16.7 Å². The molecule has 2 aliphatic rings. The van der Waals surface area contributed by atoms with Crippen molar-refractivity contribution in [1.82, 2.24) is 0 Å². The number of ether oxygens (including phenoxy) is 11. The van der Waals surface area contributed by atoms with Crippen LogP contribution in [0.3, 0.4) is 0 Å². The molecule has 50 heavy (non-hydrogen) atoms. The maximum Gasteiger partial charge on any atom is 0.187 e. The number of hydrogen-bond donors (Lipinski definition) is 0. The molecule has 0 aliphatic carbocycles. The van der Waals surface area contributed by atoms with Gasteiger partial charge in [-0.1, -0.05) is 91.0 Å². The molecular formula is C39H52O11. The molecule has 274 valence electrons. The highest BCUT2D eigenvalue weighted by Crippen LogP contribution is 2.31. The molecule has 2 fully saturated rings. The van der Waals surface area contributed by atoms with E-state index in [1.807, 2.05) is 91.0 Å². The van der Waals surface area contributed by atoms with Crippen LogP contribution in [0.2, 0.25) is 0 Å². The maximum absolute atomic E-state index is 6.74. The van der Waals surface area contributed by atoms with Crippen LogP contribution < -0.4 is 0 Å². The van der Waals surface area contributed by atoms with E-state index in [1.165, 1.54) is 0 Å². The third-order valence-electron chi connectivity index (χ3n) is 8.10. The van der Waals surface area contributed by atoms with Crippen molar-refractivity contribution in [2.45, 2.75) is 50.5 Å². The predicted octanol–water partition coefficient (Wildman–Crippen LogP) is 4.60. The molecule has 2 saturated heterocycles. The van der Waals surface area contributed by atoms with E-state index in [4.69, 9.17) is 52.1 Å². The Hall–Kier alpha value is -2.78. The lowest BCUT2D eigenvalue weighted by molar-refractivity contribution is -0.329. The van der Waals surface area contributed by atoms with Crippen LogP contribution in [-0.2, 0) is 71.9 Å². The van der Waals surface area contributed by atoms with Gasteiger partial charge in [0.05, 0.1) is 106 Å². The van der Waals surface area contributed by atoms with Crippen LogP contribution in [0.25, 0.3) is 0 Å². The molecule has 0 aromatic heterocycles. The zero-order valence-corrected chi connectivity index (χ0v) is 28.9. The summed E-state index contributed by atoms with van der Waals surface area (Å²) in [5.74, 6) is 0. The standard InChI is InChI=1S/C39H52O11/c1-4-10-32(11-5-1)28-47-36-35-31-45-25-24-43-21-20-41-17-16-40-18-19-42-22-23-44-26-27-46-39(50-35)38(49-30-34-14-8-3-9-15-34)37(36)48-29-33-12-6-2-7-13-33/h1-15,35-39H,16-31H2/t35-,36+,37+,38-,39+/m1/s1. The quantitative estimate of drug-likeness (QED) is 0.314. The van der Waals surface area contributed by atoms with E-state index in [9.17, 15) is 0 Å². The summed E-state index contributed by atoms with van der Waals surface area (Å²) >= 11 is 0. The minimum absolute atomic E-state index is 0.237. The minimum atomic E-state index is -0.781. The smallest absolute Gasteiger partial charge is 0.187 e. The summed E-state index contributed by atoms with van der Waals surface area (Å²) < 4.78 is 67.5. The lowest BCUT2D eigenvalue weighted by atomic mass is 9.97. The lowest BCUT2D eigenvalue weighted by Gasteiger charge is -2.46. The van der Waals surface area contributed by atoms with Gasteiger partial charge in [-0.05, 0) is 16.7 Å². The van der Waals surface area contributed by atoms with Gasteiger partial charge in [-0.2, -0.15) is 0 Å². The van der Waals surface area contributed by atoms with Crippen molar-refractivity contribution in [3.05, 3.63) is 108 Å². The molecular weight excluding hydrogens is 644 g/mol. The van der Waals surface area contributed by atoms with Gasteiger partial charge in [-0.3, -0.25) is 0 Å². The van der Waals surface area contributed by atoms with Gasteiger partial charge in [0.1, 0.15) is 24.4 Å². The average molecular weight is 697 g/mol. The van der Waals surface area contributed by atoms with Gasteiger partial charge in [0, 0.05) is 0 Å². The van der Waals surface area contributed by atoms with Crippen molar-refractivity contribution in [3.8, 4) is 0 Å². The SMILES string of the molecule is c1ccc(CO[C@H]2[C@@H](OCc3ccccc3)[C@H]3COCCOCCOCCOCCOCCOCCO[C@@H](O3)[C@@H]2OCc2ccccc2)cc1. The Balaban J connectivity index is 1.34. The van der Waals surface area contributed by atoms with Gasteiger partial charge in [0.2, 0.25) is 0 Å². The lowest BCUT2D eigenvalue weighted by Crippen LogP contribution is -2.62. The van der Waals surface area contributed by atoms with Crippen molar-refractivity contribution in [2.75, 3.05) is 85.9 Å². The molecule has 0 amide bonds. The summed E-state index contributed by atoms with van der Waals surface area (Å²) in [6.07, 6.45) is -3.04. The van der Waals surface area contributed by atoms with E-state index in [-0.39, 0.29) is 13.2 Å². The van der Waals surface area contributed by atoms with Crippen LogP contribution in [0, 0.1) is 0 Å². The summed E-state index contributed by atoms with van der Waals surface area (Å²) in [6.45, 7) is 6.50. The number of fused-ring (bicyclic) bond motifs is 2. The highest BCUT2D eigenvalue weighted by atomic mass is 16.7. The summed E-state index contributed by atoms with van der Waals surface area (Å²) in [5.41, 5.74) is 3.09. The van der Waals surface area contributed by atoms with E-state index in [2.05, 4.69) is 0 Å². The summed E-state index contributed by atoms with van der Waals surface area (Å²) in [7, 11) is 0. The number of hydrogen-bond acceptors (Lipinski definition) is 11. The molecule has 3 aromatic carbocycles. The summed E-state index contributed by atoms with van der Waals surface area (Å²) in [4.78, 5) is 0. The van der Waals surface area contributed by atoms with Crippen molar-refractivity contribution in [2.24, 2.45) is 0 Å². The largest absolute Gasteiger partial charge is 0.377 e. The molecule has 2 aliphatic heterocycles. The molecule has 5 atom stereocenters. The zero-order valence-electron chi connectivity index (χ0n) is 28.9. The Morgan fingerprint density at radius 1 is 0.400 bits per heavy atom. The van der Waals surface area contributed by atoms with Gasteiger partial charge in [-0.15, -0.1) is 0 Å². The first-order chi connectivity index (χ1) is 24.9. The molecule has 11 nitrogen and oxygen atoms in total. The second kappa shape index (κ2) is 23.6. The van der Waals surface area contributed by atoms with Crippen molar-refractivity contribution < 1.29 is 52.1 Å². The normalized spacial score (nSPS) is 25.8. The molecule has 0 unspecified atom stereocenters. The maximum atomic E-state index is 6.74. The first-order valence-corrected chi connectivity index (χ1v) is 17.6. The molecule has 11 heteroatoms. The Labute approximate surface area is 295 Å². The van der Waals surface area contributed by atoms with E-state index >= 15 is 0 Å². The van der Waals surface area contributed by atoms with Crippen molar-refractivity contribution in [1.29, 1.82) is 0 Å². The zero-order chi connectivity index (χ0) is 34.3. The van der Waals surface area contributed by atoms with Gasteiger partial charge < -0.3 is 52.1 Å². The highest BCUT2D eigenvalue weighted by Gasteiger charge is 2.49. The first-order valence-electron chi connectivity index (χ1n) is 17.6. The number of rotatable bonds is 9. The van der Waals surface area contributed by atoms with E-state index in [0.29, 0.717) is 92.5 Å². The van der Waals surface area contributed by atoms with Crippen molar-refractivity contribution >= 4 is 0 Å². The highest BCUT2D eigenvalue weighted by molar-refractivity contribution is 5.15. The average Bonchev–Trinajstić information content (AvgIpc) is 3.16. The second-order valence-electron chi connectivity index (χ2n) is 11.8. The van der Waals surface area contributed by atoms with E-state index < -0.39 is 30.7 Å². The third kappa shape index (κ3) is 14.1. The molecule has 0 radical (unpaired) electrons. The fourth-order valence-corrected chi connectivity index (χ4v) is 5.54. The second-order valence-corrected chi connectivity index (χ2v) is 11.8. The fourth-order valence-electron chi connectivity index (χ4n) is 5.54. The first kappa shape index (κ1) is 38.5. The topological polar surface area (TPSA) is 102 Å². The Morgan fingerprint density at radius 3 is 1.20 bits per heavy atom. The third-order valence-corrected chi connectivity index (χ3v) is 8.10. The molecule has 2 bridgehead atoms. The Bertz CT molecular complexity index is 1180. The van der Waals surface area contributed by atoms with E-state index in [0.717, 1.165) is 16.7 Å². The van der Waals surface area contributed by atoms with Gasteiger partial charge in [0.25, 0.3) is 0 Å². The Kier molecular flexibility index (Phi) is 18.2. The van der Waals surface area contributed by atoms with Crippen molar-refractivity contribution in [3.63, 3.8) is 0 Å². The van der Waals surface area contributed by atoms with Crippen LogP contribution in [0.5, 0.6) is 0 Å². The molecule has 5 rings (SSSR count). The monoisotopic (exact) mass is 696 g/mol. The van der Waals surface area contributed by atoms with Gasteiger partial charge in [0.15, 0.2) is 6.29 Å².